The van der Waals surface area contributed by atoms with E-state index in [4.69, 9.17) is 5.84 Å². The third-order valence-corrected chi connectivity index (χ3v) is 5.50. The number of fused-ring (bicyclic) bond motifs is 1. The van der Waals surface area contributed by atoms with Gasteiger partial charge in [0.25, 0.3) is 0 Å². The third kappa shape index (κ3) is 2.99. The lowest BCUT2D eigenvalue weighted by molar-refractivity contribution is -0.134. The van der Waals surface area contributed by atoms with Gasteiger partial charge in [-0.25, -0.2) is 5.84 Å². The molecule has 1 aliphatic heterocycles. The average Bonchev–Trinajstić information content (AvgIpc) is 3.46. The lowest BCUT2D eigenvalue weighted by Crippen LogP contribution is -2.54. The first-order chi connectivity index (χ1) is 12.6. The molecule has 2 heterocycles. The van der Waals surface area contributed by atoms with Gasteiger partial charge in [0.15, 0.2) is 0 Å². The number of hydrogen-bond donors (Lipinski definition) is 2. The van der Waals surface area contributed by atoms with Crippen molar-refractivity contribution in [3.8, 4) is 11.1 Å². The predicted octanol–water partition coefficient (Wildman–Crippen LogP) is 1.25. The maximum Gasteiger partial charge on any atom is 0.242 e. The summed E-state index contributed by atoms with van der Waals surface area (Å²) in [6.07, 6.45) is 9.34. The highest BCUT2D eigenvalue weighted by molar-refractivity contribution is 5.82. The Balaban J connectivity index is 1.59. The quantitative estimate of drug-likeness (QED) is 0.496. The second-order valence-electron chi connectivity index (χ2n) is 7.21. The van der Waals surface area contributed by atoms with Crippen molar-refractivity contribution in [2.45, 2.75) is 32.9 Å². The van der Waals surface area contributed by atoms with Crippen LogP contribution in [0.3, 0.4) is 0 Å². The molecular weight excluding hydrogens is 324 g/mol. The fourth-order valence-electron chi connectivity index (χ4n) is 3.67. The SMILES string of the molecule is CCC1CC1C(=O)N(N)C1C=c2ccc(-c3cnccc3C)cc2=CN1. The molecule has 134 valence electrons. The summed E-state index contributed by atoms with van der Waals surface area (Å²) < 4.78 is 0. The van der Waals surface area contributed by atoms with Gasteiger partial charge in [0.2, 0.25) is 5.91 Å². The lowest BCUT2D eigenvalue weighted by Gasteiger charge is -2.27. The summed E-state index contributed by atoms with van der Waals surface area (Å²) in [7, 11) is 0. The topological polar surface area (TPSA) is 71.2 Å². The van der Waals surface area contributed by atoms with E-state index in [1.165, 1.54) is 10.6 Å². The fraction of sp³-hybridized carbons (Fsp3) is 0.333. The van der Waals surface area contributed by atoms with Crippen molar-refractivity contribution in [3.63, 3.8) is 0 Å². The zero-order valence-electron chi connectivity index (χ0n) is 15.1. The van der Waals surface area contributed by atoms with E-state index in [-0.39, 0.29) is 18.0 Å². The molecule has 2 aliphatic rings. The number of nitrogens with zero attached hydrogens (tertiary/aromatic N) is 2. The number of aromatic nitrogens is 1. The minimum Gasteiger partial charge on any atom is -0.366 e. The van der Waals surface area contributed by atoms with E-state index >= 15 is 0 Å². The smallest absolute Gasteiger partial charge is 0.242 e. The van der Waals surface area contributed by atoms with Crippen LogP contribution >= 0.6 is 0 Å². The number of carbonyl (C=O) groups excluding carboxylic acids is 1. The van der Waals surface area contributed by atoms with Crippen LogP contribution in [-0.2, 0) is 4.79 Å². The van der Waals surface area contributed by atoms with Crippen LogP contribution in [0.4, 0.5) is 0 Å². The summed E-state index contributed by atoms with van der Waals surface area (Å²) in [5.74, 6) is 6.74. The molecule has 0 bridgehead atoms. The van der Waals surface area contributed by atoms with E-state index in [0.717, 1.165) is 34.4 Å². The molecule has 1 saturated carbocycles. The molecule has 5 heteroatoms. The van der Waals surface area contributed by atoms with Gasteiger partial charge in [-0.1, -0.05) is 25.5 Å². The monoisotopic (exact) mass is 348 g/mol. The number of pyridine rings is 1. The van der Waals surface area contributed by atoms with Gasteiger partial charge in [-0.15, -0.1) is 0 Å². The molecule has 1 amide bonds. The first-order valence-corrected chi connectivity index (χ1v) is 9.15. The second-order valence-corrected chi connectivity index (χ2v) is 7.21. The van der Waals surface area contributed by atoms with Gasteiger partial charge in [-0.05, 0) is 59.0 Å². The number of nitrogens with one attached hydrogen (secondary N) is 1. The Bertz CT molecular complexity index is 968. The Morgan fingerprint density at radius 1 is 1.35 bits per heavy atom. The van der Waals surface area contributed by atoms with E-state index in [2.05, 4.69) is 42.3 Å². The molecule has 0 radical (unpaired) electrons. The maximum atomic E-state index is 12.5. The first kappa shape index (κ1) is 16.8. The van der Waals surface area contributed by atoms with Crippen molar-refractivity contribution in [2.24, 2.45) is 17.7 Å². The fourth-order valence-corrected chi connectivity index (χ4v) is 3.67. The molecule has 3 unspecified atom stereocenters. The number of hydrazine groups is 1. The van der Waals surface area contributed by atoms with E-state index in [1.54, 1.807) is 6.20 Å². The summed E-state index contributed by atoms with van der Waals surface area (Å²) in [6, 6.07) is 8.31. The molecule has 2 aromatic rings. The third-order valence-electron chi connectivity index (χ3n) is 5.50. The van der Waals surface area contributed by atoms with Crippen LogP contribution in [0.2, 0.25) is 0 Å². The maximum absolute atomic E-state index is 12.5. The number of rotatable bonds is 4. The van der Waals surface area contributed by atoms with E-state index in [9.17, 15) is 4.79 Å². The van der Waals surface area contributed by atoms with E-state index < -0.39 is 0 Å². The van der Waals surface area contributed by atoms with Crippen LogP contribution in [0, 0.1) is 18.8 Å². The Morgan fingerprint density at radius 3 is 2.92 bits per heavy atom. The number of carbonyl (C=O) groups is 1. The molecule has 3 atom stereocenters. The van der Waals surface area contributed by atoms with Gasteiger partial charge < -0.3 is 5.32 Å². The standard InChI is InChI=1S/C21H24N4O/c1-3-14-9-18(14)21(26)25(22)20-10-15-4-5-16(8-17(15)11-24-20)19-12-23-7-6-13(19)2/h4-8,10-12,14,18,20,24H,3,9,22H2,1-2H3. The minimum absolute atomic E-state index is 0.0325. The molecule has 1 aromatic heterocycles. The molecule has 1 aromatic carbocycles. The summed E-state index contributed by atoms with van der Waals surface area (Å²) in [4.78, 5) is 16.7. The molecular formula is C21H24N4O. The molecule has 3 N–H and O–H groups in total. The summed E-state index contributed by atoms with van der Waals surface area (Å²) in [5, 5.41) is 6.75. The van der Waals surface area contributed by atoms with E-state index in [0.29, 0.717) is 5.92 Å². The largest absolute Gasteiger partial charge is 0.366 e. The van der Waals surface area contributed by atoms with Gasteiger partial charge in [0.1, 0.15) is 6.17 Å². The Morgan fingerprint density at radius 2 is 2.19 bits per heavy atom. The average molecular weight is 348 g/mol. The van der Waals surface area contributed by atoms with Crippen LogP contribution < -0.4 is 21.6 Å². The highest BCUT2D eigenvalue weighted by Gasteiger charge is 2.44. The molecule has 26 heavy (non-hydrogen) atoms. The molecule has 1 aliphatic carbocycles. The highest BCUT2D eigenvalue weighted by Crippen LogP contribution is 2.42. The normalized spacial score (nSPS) is 23.1. The van der Waals surface area contributed by atoms with Crippen LogP contribution in [0.15, 0.2) is 36.7 Å². The highest BCUT2D eigenvalue weighted by atomic mass is 16.2. The van der Waals surface area contributed by atoms with Crippen LogP contribution in [0.25, 0.3) is 23.4 Å². The predicted molar refractivity (Wildman–Crippen MR) is 102 cm³/mol. The van der Waals surface area contributed by atoms with Crippen molar-refractivity contribution >= 4 is 18.2 Å². The number of benzene rings is 1. The number of hydrogen-bond acceptors (Lipinski definition) is 4. The molecule has 1 fully saturated rings. The van der Waals surface area contributed by atoms with Crippen LogP contribution in [0.1, 0.15) is 25.3 Å². The second kappa shape index (κ2) is 6.57. The van der Waals surface area contributed by atoms with Crippen LogP contribution in [0.5, 0.6) is 0 Å². The summed E-state index contributed by atoms with van der Waals surface area (Å²) >= 11 is 0. The molecule has 0 spiro atoms. The zero-order chi connectivity index (χ0) is 18.3. The molecule has 0 saturated heterocycles. The number of nitrogens with two attached hydrogens (primary N) is 1. The Labute approximate surface area is 153 Å². The van der Waals surface area contributed by atoms with Crippen molar-refractivity contribution in [1.29, 1.82) is 0 Å². The zero-order valence-corrected chi connectivity index (χ0v) is 15.1. The number of aryl methyl sites for hydroxylation is 1. The van der Waals surface area contributed by atoms with Gasteiger partial charge in [0.05, 0.1) is 0 Å². The molecule has 5 nitrogen and oxygen atoms in total. The number of amides is 1. The molecule has 4 rings (SSSR count). The van der Waals surface area contributed by atoms with Gasteiger partial charge >= 0.3 is 0 Å². The van der Waals surface area contributed by atoms with Gasteiger partial charge in [-0.2, -0.15) is 0 Å². The van der Waals surface area contributed by atoms with Crippen molar-refractivity contribution in [1.82, 2.24) is 15.3 Å². The lowest BCUT2D eigenvalue weighted by atomic mass is 10.0. The van der Waals surface area contributed by atoms with Crippen molar-refractivity contribution in [3.05, 3.63) is 52.7 Å². The van der Waals surface area contributed by atoms with Crippen LogP contribution in [-0.4, -0.2) is 22.1 Å². The van der Waals surface area contributed by atoms with Gasteiger partial charge in [0, 0.05) is 30.1 Å². The van der Waals surface area contributed by atoms with Gasteiger partial charge in [-0.3, -0.25) is 14.8 Å². The minimum atomic E-state index is -0.306. The van der Waals surface area contributed by atoms with E-state index in [1.807, 2.05) is 24.5 Å². The summed E-state index contributed by atoms with van der Waals surface area (Å²) in [6.45, 7) is 4.20. The Kier molecular flexibility index (Phi) is 4.24. The van der Waals surface area contributed by atoms with Crippen molar-refractivity contribution in [2.75, 3.05) is 0 Å². The summed E-state index contributed by atoms with van der Waals surface area (Å²) in [5.41, 5.74) is 3.45. The van der Waals surface area contributed by atoms with Crippen molar-refractivity contribution < 1.29 is 4.79 Å². The first-order valence-electron chi connectivity index (χ1n) is 9.15. The Hall–Kier alpha value is -2.66.